The molecule has 0 radical (unpaired) electrons. The normalized spacial score (nSPS) is 26.2. The molecule has 32 heavy (non-hydrogen) atoms. The predicted molar refractivity (Wildman–Crippen MR) is 124 cm³/mol. The Kier molecular flexibility index (Phi) is 7.25. The van der Waals surface area contributed by atoms with E-state index in [1.165, 1.54) is 4.90 Å². The van der Waals surface area contributed by atoms with Gasteiger partial charge in [0, 0.05) is 26.2 Å². The topological polar surface area (TPSA) is 83.0 Å². The Bertz CT molecular complexity index is 850. The third-order valence-electron chi connectivity index (χ3n) is 6.67. The number of likely N-dealkylation sites (tertiary alicyclic amines) is 1. The Hall–Kier alpha value is -2.67. The fourth-order valence-corrected chi connectivity index (χ4v) is 5.10. The molecule has 172 valence electrons. The summed E-state index contributed by atoms with van der Waals surface area (Å²) in [5.41, 5.74) is 2.29. The maximum atomic E-state index is 12.8. The molecule has 1 aromatic carbocycles. The highest BCUT2D eigenvalue weighted by molar-refractivity contribution is 6.06. The average molecular weight is 439 g/mol. The summed E-state index contributed by atoms with van der Waals surface area (Å²) in [5.74, 6) is 1.13. The van der Waals surface area contributed by atoms with Gasteiger partial charge < -0.3 is 15.4 Å². The SMILES string of the molecule is CCNC(=NCc1ccc(COCC)cc1)NCCCN1C(=O)C2C3C=CC(C3)C2C1=O. The lowest BCUT2D eigenvalue weighted by atomic mass is 9.85. The van der Waals surface area contributed by atoms with E-state index in [0.717, 1.165) is 30.1 Å². The van der Waals surface area contributed by atoms with Gasteiger partial charge in [0.25, 0.3) is 0 Å². The van der Waals surface area contributed by atoms with Gasteiger partial charge in [0.05, 0.1) is 25.0 Å². The quantitative estimate of drug-likeness (QED) is 0.193. The van der Waals surface area contributed by atoms with Crippen LogP contribution in [0.1, 0.15) is 37.8 Å². The van der Waals surface area contributed by atoms with Crippen LogP contribution in [0.4, 0.5) is 0 Å². The molecule has 7 nitrogen and oxygen atoms in total. The number of rotatable bonds is 10. The van der Waals surface area contributed by atoms with Crippen LogP contribution >= 0.6 is 0 Å². The zero-order valence-corrected chi connectivity index (χ0v) is 19.0. The number of hydrogen-bond donors (Lipinski definition) is 2. The number of benzene rings is 1. The van der Waals surface area contributed by atoms with Crippen LogP contribution in [0.3, 0.4) is 0 Å². The van der Waals surface area contributed by atoms with Crippen molar-refractivity contribution in [3.8, 4) is 0 Å². The minimum atomic E-state index is -0.107. The molecule has 4 rings (SSSR count). The van der Waals surface area contributed by atoms with Crippen LogP contribution in [-0.4, -0.2) is 48.9 Å². The van der Waals surface area contributed by atoms with Gasteiger partial charge in [-0.1, -0.05) is 36.4 Å². The number of aliphatic imine (C=N–C) groups is 1. The van der Waals surface area contributed by atoms with Crippen LogP contribution in [0.25, 0.3) is 0 Å². The molecule has 1 saturated heterocycles. The average Bonchev–Trinajstić information content (AvgIpc) is 3.49. The number of amides is 2. The maximum absolute atomic E-state index is 12.8. The number of guanidine groups is 1. The fourth-order valence-electron chi connectivity index (χ4n) is 5.10. The third kappa shape index (κ3) is 4.72. The van der Waals surface area contributed by atoms with Crippen molar-refractivity contribution in [1.29, 1.82) is 0 Å². The number of fused-ring (bicyclic) bond motifs is 5. The van der Waals surface area contributed by atoms with Gasteiger partial charge in [0.1, 0.15) is 0 Å². The molecule has 0 aromatic heterocycles. The minimum absolute atomic E-state index is 0.0326. The Labute approximate surface area is 190 Å². The van der Waals surface area contributed by atoms with Crippen LogP contribution in [0.2, 0.25) is 0 Å². The Balaban J connectivity index is 1.24. The lowest BCUT2D eigenvalue weighted by Gasteiger charge is -2.18. The van der Waals surface area contributed by atoms with Gasteiger partial charge in [-0.15, -0.1) is 0 Å². The molecule has 2 amide bonds. The van der Waals surface area contributed by atoms with Crippen LogP contribution in [0.15, 0.2) is 41.4 Å². The zero-order valence-electron chi connectivity index (χ0n) is 19.0. The number of carbonyl (C=O) groups excluding carboxylic acids is 2. The van der Waals surface area contributed by atoms with E-state index in [1.807, 2.05) is 13.8 Å². The zero-order chi connectivity index (χ0) is 22.5. The summed E-state index contributed by atoms with van der Waals surface area (Å²) in [7, 11) is 0. The van der Waals surface area contributed by atoms with Crippen molar-refractivity contribution in [2.75, 3.05) is 26.2 Å². The van der Waals surface area contributed by atoms with Gasteiger partial charge in [-0.3, -0.25) is 14.5 Å². The molecule has 2 fully saturated rings. The maximum Gasteiger partial charge on any atom is 0.233 e. The summed E-state index contributed by atoms with van der Waals surface area (Å²) in [5, 5.41) is 6.57. The molecule has 4 atom stereocenters. The summed E-state index contributed by atoms with van der Waals surface area (Å²) in [4.78, 5) is 31.7. The van der Waals surface area contributed by atoms with E-state index in [1.54, 1.807) is 0 Å². The van der Waals surface area contributed by atoms with Crippen molar-refractivity contribution in [2.45, 2.75) is 39.8 Å². The molecule has 3 aliphatic rings. The van der Waals surface area contributed by atoms with Crippen LogP contribution in [-0.2, 0) is 27.5 Å². The summed E-state index contributed by atoms with van der Waals surface area (Å²) in [6.07, 6.45) is 5.94. The Morgan fingerprint density at radius 3 is 2.31 bits per heavy atom. The van der Waals surface area contributed by atoms with Crippen LogP contribution in [0.5, 0.6) is 0 Å². The molecular weight excluding hydrogens is 404 g/mol. The smallest absolute Gasteiger partial charge is 0.233 e. The summed E-state index contributed by atoms with van der Waals surface area (Å²) in [6, 6.07) is 8.29. The fraction of sp³-hybridized carbons (Fsp3) is 0.560. The summed E-state index contributed by atoms with van der Waals surface area (Å²) in [6.45, 7) is 7.82. The molecule has 2 bridgehead atoms. The van der Waals surface area contributed by atoms with Crippen molar-refractivity contribution in [1.82, 2.24) is 15.5 Å². The summed E-state index contributed by atoms with van der Waals surface area (Å²) < 4.78 is 5.43. The van der Waals surface area contributed by atoms with E-state index < -0.39 is 0 Å². The van der Waals surface area contributed by atoms with Gasteiger partial charge in [0.15, 0.2) is 5.96 Å². The predicted octanol–water partition coefficient (Wildman–Crippen LogP) is 2.48. The first-order valence-electron chi connectivity index (χ1n) is 11.8. The van der Waals surface area contributed by atoms with Crippen molar-refractivity contribution in [2.24, 2.45) is 28.7 Å². The van der Waals surface area contributed by atoms with E-state index >= 15 is 0 Å². The van der Waals surface area contributed by atoms with Crippen molar-refractivity contribution in [3.05, 3.63) is 47.5 Å². The Morgan fingerprint density at radius 1 is 1.03 bits per heavy atom. The highest BCUT2D eigenvalue weighted by Gasteiger charge is 2.58. The van der Waals surface area contributed by atoms with Crippen molar-refractivity contribution in [3.63, 3.8) is 0 Å². The van der Waals surface area contributed by atoms with Gasteiger partial charge in [0.2, 0.25) is 11.8 Å². The molecule has 1 aromatic rings. The van der Waals surface area contributed by atoms with E-state index in [-0.39, 0.29) is 35.5 Å². The van der Waals surface area contributed by atoms with Crippen molar-refractivity contribution >= 4 is 17.8 Å². The molecule has 4 unspecified atom stereocenters. The lowest BCUT2D eigenvalue weighted by molar-refractivity contribution is -0.140. The molecule has 1 heterocycles. The third-order valence-corrected chi connectivity index (χ3v) is 6.67. The second-order valence-electron chi connectivity index (χ2n) is 8.76. The second kappa shape index (κ2) is 10.3. The Morgan fingerprint density at radius 2 is 1.69 bits per heavy atom. The number of hydrogen-bond acceptors (Lipinski definition) is 4. The largest absolute Gasteiger partial charge is 0.377 e. The minimum Gasteiger partial charge on any atom is -0.377 e. The molecule has 1 saturated carbocycles. The van der Waals surface area contributed by atoms with E-state index in [0.29, 0.717) is 39.3 Å². The van der Waals surface area contributed by atoms with Gasteiger partial charge in [-0.25, -0.2) is 4.99 Å². The molecule has 7 heteroatoms. The highest BCUT2D eigenvalue weighted by atomic mass is 16.5. The first-order valence-corrected chi connectivity index (χ1v) is 11.8. The van der Waals surface area contributed by atoms with E-state index in [2.05, 4.69) is 52.0 Å². The number of nitrogens with zero attached hydrogens (tertiary/aromatic N) is 2. The number of imide groups is 1. The standard InChI is InChI=1S/C25H34N4O3/c1-3-26-25(28-15-17-6-8-18(9-7-17)16-32-4-2)27-12-5-13-29-23(30)21-19-10-11-20(14-19)22(21)24(29)31/h6-11,19-22H,3-5,12-16H2,1-2H3,(H2,26,27,28). The summed E-state index contributed by atoms with van der Waals surface area (Å²) >= 11 is 0. The first kappa shape index (κ1) is 22.5. The van der Waals surface area contributed by atoms with E-state index in [9.17, 15) is 9.59 Å². The molecule has 2 N–H and O–H groups in total. The highest BCUT2D eigenvalue weighted by Crippen LogP contribution is 2.52. The van der Waals surface area contributed by atoms with Crippen LogP contribution < -0.4 is 10.6 Å². The molecule has 2 aliphatic carbocycles. The molecule has 1 aliphatic heterocycles. The van der Waals surface area contributed by atoms with Crippen molar-refractivity contribution < 1.29 is 14.3 Å². The van der Waals surface area contributed by atoms with Crippen LogP contribution in [0, 0.1) is 23.7 Å². The monoisotopic (exact) mass is 438 g/mol. The molecular formula is C25H34N4O3. The van der Waals surface area contributed by atoms with E-state index in [4.69, 9.17) is 4.74 Å². The number of ether oxygens (including phenoxy) is 1. The van der Waals surface area contributed by atoms with Gasteiger partial charge >= 0.3 is 0 Å². The van der Waals surface area contributed by atoms with Gasteiger partial charge in [-0.05, 0) is 49.7 Å². The number of carbonyl (C=O) groups is 2. The first-order chi connectivity index (χ1) is 15.6. The second-order valence-corrected chi connectivity index (χ2v) is 8.76. The number of allylic oxidation sites excluding steroid dienone is 2. The molecule has 0 spiro atoms. The van der Waals surface area contributed by atoms with Gasteiger partial charge in [-0.2, -0.15) is 0 Å². The lowest BCUT2D eigenvalue weighted by Crippen LogP contribution is -2.40. The number of nitrogens with one attached hydrogen (secondary N) is 2.